The van der Waals surface area contributed by atoms with E-state index < -0.39 is 35.4 Å². The number of hydrogen-bond donors (Lipinski definition) is 6. The van der Waals surface area contributed by atoms with Crippen molar-refractivity contribution in [3.8, 4) is 0 Å². The SMILES string of the molecule is C[C@H]1COC(c2ccccc2NC(=O)c2cc(NC(=O)c3cc(Cl)cc(C(=O)Nc4cc(C(=O)Nc5ccccc5C5=N[C@@H](C)CO5)nc(C(=O)Nc5ccccc5C5=N[C@@H](C)CO5)c4)n3)cc(C(=O)Nc3ccccc3C3=N[C@@H](C)CO3)n2)=N1. The lowest BCUT2D eigenvalue weighted by molar-refractivity contribution is 0.0995. The van der Waals surface area contributed by atoms with Crippen LogP contribution in [0.1, 0.15) is 113 Å². The Kier molecular flexibility index (Phi) is 16.1. The molecule has 0 saturated carbocycles. The minimum absolute atomic E-state index is 0.0745. The summed E-state index contributed by atoms with van der Waals surface area (Å²) in [5.41, 5.74) is 1.38. The zero-order valence-electron chi connectivity index (χ0n) is 45.9. The summed E-state index contributed by atoms with van der Waals surface area (Å²) in [7, 11) is 0. The summed E-state index contributed by atoms with van der Waals surface area (Å²) in [4.78, 5) is 117. The molecule has 4 aliphatic heterocycles. The number of pyridine rings is 3. The second kappa shape index (κ2) is 24.4. The Morgan fingerprint density at radius 2 is 0.576 bits per heavy atom. The smallest absolute Gasteiger partial charge is 0.274 e. The highest BCUT2D eigenvalue weighted by Crippen LogP contribution is 2.28. The minimum Gasteiger partial charge on any atom is -0.475 e. The van der Waals surface area contributed by atoms with E-state index in [1.165, 1.54) is 36.4 Å². The monoisotopic (exact) mass is 1160 g/mol. The molecular weight excluding hydrogens is 1110 g/mol. The third-order valence-corrected chi connectivity index (χ3v) is 13.4. The van der Waals surface area contributed by atoms with Gasteiger partial charge in [-0.2, -0.15) is 0 Å². The molecule has 0 fully saturated rings. The number of para-hydroxylation sites is 4. The second-order valence-electron chi connectivity index (χ2n) is 20.1. The molecule has 428 valence electrons. The number of ether oxygens (including phenoxy) is 4. The molecule has 4 aromatic carbocycles. The first-order valence-electron chi connectivity index (χ1n) is 26.9. The molecule has 7 aromatic rings. The number of hydrogen-bond acceptors (Lipinski definition) is 17. The summed E-state index contributed by atoms with van der Waals surface area (Å²) < 4.78 is 23.1. The summed E-state index contributed by atoms with van der Waals surface area (Å²) in [6.45, 7) is 9.00. The fraction of sp³-hybridized carbons (Fsp3) is 0.197. The van der Waals surface area contributed by atoms with Crippen molar-refractivity contribution in [1.29, 1.82) is 0 Å². The average molecular weight is 1160 g/mol. The molecule has 7 heterocycles. The van der Waals surface area contributed by atoms with Crippen LogP contribution in [0.4, 0.5) is 34.1 Å². The van der Waals surface area contributed by atoms with Crippen LogP contribution in [0.5, 0.6) is 0 Å². The van der Waals surface area contributed by atoms with E-state index in [0.717, 1.165) is 0 Å². The molecular formula is C61H52ClN13O10. The molecule has 0 unspecified atom stereocenters. The highest BCUT2D eigenvalue weighted by atomic mass is 35.5. The van der Waals surface area contributed by atoms with E-state index in [1.807, 2.05) is 27.7 Å². The Labute approximate surface area is 490 Å². The summed E-state index contributed by atoms with van der Waals surface area (Å²) >= 11 is 6.59. The quantitative estimate of drug-likeness (QED) is 0.0528. The van der Waals surface area contributed by atoms with Crippen LogP contribution in [0.3, 0.4) is 0 Å². The van der Waals surface area contributed by atoms with Gasteiger partial charge in [0.2, 0.25) is 23.6 Å². The number of anilines is 6. The van der Waals surface area contributed by atoms with Crippen LogP contribution in [-0.4, -0.2) is 125 Å². The molecule has 6 amide bonds. The maximum Gasteiger partial charge on any atom is 0.274 e. The summed E-state index contributed by atoms with van der Waals surface area (Å²) in [6, 6.07) is 34.5. The van der Waals surface area contributed by atoms with E-state index in [1.54, 1.807) is 97.1 Å². The normalized spacial score (nSPS) is 17.5. The molecule has 85 heavy (non-hydrogen) atoms. The highest BCUT2D eigenvalue weighted by molar-refractivity contribution is 6.31. The van der Waals surface area contributed by atoms with Crippen LogP contribution < -0.4 is 31.9 Å². The van der Waals surface area contributed by atoms with Gasteiger partial charge in [0.25, 0.3) is 35.4 Å². The Hall–Kier alpha value is -10.7. The Bertz CT molecular complexity index is 3560. The standard InChI is InChI=1S/C61H52ClN13O10/c1-31-27-82-58(63-31)38-13-5-9-17-42(38)72-54(78)48-23-36(24-49(70-48)55(79)73-43-18-10-6-14-39(43)59-64-32(2)28-83-59)67-52(76)46-21-35(62)22-47(69-46)53(77)68-37-25-50(56(80)74-44-19-11-7-15-40(44)60-65-33(3)29-84-60)71-51(26-37)57(81)75-45-20-12-8-16-41(45)61-66-34(4)30-85-61/h5-26,31-34H,27-30H2,1-4H3,(H,72,78)(H,73,79)(H,74,80)(H,75,81)(H,67,70,76)(H,68,71,77)/t31-,32-,33-,34-/m0/s1. The molecule has 4 aliphatic rings. The van der Waals surface area contributed by atoms with E-state index in [9.17, 15) is 28.8 Å². The lowest BCUT2D eigenvalue weighted by Gasteiger charge is -2.14. The van der Waals surface area contributed by atoms with Crippen LogP contribution in [0.25, 0.3) is 0 Å². The number of aromatic nitrogens is 3. The Morgan fingerprint density at radius 1 is 0.353 bits per heavy atom. The minimum atomic E-state index is -0.915. The van der Waals surface area contributed by atoms with Crippen molar-refractivity contribution in [3.63, 3.8) is 0 Å². The number of nitrogens with one attached hydrogen (secondary N) is 6. The number of aliphatic imine (C=N–C) groups is 4. The first-order valence-corrected chi connectivity index (χ1v) is 27.2. The number of carbonyl (C=O) groups is 6. The van der Waals surface area contributed by atoms with Crippen LogP contribution in [0.15, 0.2) is 153 Å². The van der Waals surface area contributed by atoms with Crippen molar-refractivity contribution < 1.29 is 47.7 Å². The molecule has 23 nitrogen and oxygen atoms in total. The van der Waals surface area contributed by atoms with Gasteiger partial charge >= 0.3 is 0 Å². The van der Waals surface area contributed by atoms with Gasteiger partial charge in [0.05, 0.1) is 69.2 Å². The third kappa shape index (κ3) is 13.0. The van der Waals surface area contributed by atoms with E-state index in [2.05, 4.69) is 66.8 Å². The molecule has 6 N–H and O–H groups in total. The average Bonchev–Trinajstić information content (AvgIpc) is 4.15. The van der Waals surface area contributed by atoms with Gasteiger partial charge in [-0.05, 0) is 113 Å². The number of nitrogens with zero attached hydrogens (tertiary/aromatic N) is 7. The van der Waals surface area contributed by atoms with Crippen molar-refractivity contribution in [2.45, 2.75) is 51.9 Å². The van der Waals surface area contributed by atoms with Crippen molar-refractivity contribution in [3.05, 3.63) is 195 Å². The molecule has 11 rings (SSSR count). The van der Waals surface area contributed by atoms with Gasteiger partial charge in [-0.3, -0.25) is 28.8 Å². The van der Waals surface area contributed by atoms with Gasteiger partial charge in [-0.1, -0.05) is 60.1 Å². The zero-order valence-corrected chi connectivity index (χ0v) is 46.7. The zero-order chi connectivity index (χ0) is 59.3. The van der Waals surface area contributed by atoms with Crippen molar-refractivity contribution in [2.75, 3.05) is 58.3 Å². The molecule has 0 bridgehead atoms. The van der Waals surface area contributed by atoms with E-state index in [4.69, 9.17) is 30.5 Å². The van der Waals surface area contributed by atoms with Crippen LogP contribution >= 0.6 is 11.6 Å². The van der Waals surface area contributed by atoms with Crippen molar-refractivity contribution in [2.24, 2.45) is 20.0 Å². The lowest BCUT2D eigenvalue weighted by Crippen LogP contribution is -2.23. The predicted octanol–water partition coefficient (Wildman–Crippen LogP) is 8.70. The molecule has 24 heteroatoms. The summed E-state index contributed by atoms with van der Waals surface area (Å²) in [5.74, 6) is -3.53. The van der Waals surface area contributed by atoms with Gasteiger partial charge < -0.3 is 50.8 Å². The largest absolute Gasteiger partial charge is 0.475 e. The molecule has 0 spiro atoms. The molecule has 0 saturated heterocycles. The van der Waals surface area contributed by atoms with E-state index in [-0.39, 0.29) is 74.7 Å². The first-order chi connectivity index (χ1) is 41.1. The Morgan fingerprint density at radius 3 is 0.812 bits per heavy atom. The summed E-state index contributed by atoms with van der Waals surface area (Å²) in [6.07, 6.45) is 0. The topological polar surface area (TPSA) is 300 Å². The van der Waals surface area contributed by atoms with Crippen LogP contribution in [-0.2, 0) is 18.9 Å². The van der Waals surface area contributed by atoms with E-state index in [0.29, 0.717) is 95.0 Å². The number of amides is 6. The molecule has 3 aromatic heterocycles. The van der Waals surface area contributed by atoms with Crippen molar-refractivity contribution in [1.82, 2.24) is 15.0 Å². The molecule has 0 aliphatic carbocycles. The molecule has 0 radical (unpaired) electrons. The number of carbonyl (C=O) groups excluding carboxylic acids is 6. The highest BCUT2D eigenvalue weighted by Gasteiger charge is 2.28. The number of benzene rings is 4. The second-order valence-corrected chi connectivity index (χ2v) is 20.5. The van der Waals surface area contributed by atoms with Crippen LogP contribution in [0.2, 0.25) is 5.02 Å². The fourth-order valence-corrected chi connectivity index (χ4v) is 9.34. The first kappa shape index (κ1) is 56.2. The van der Waals surface area contributed by atoms with E-state index >= 15 is 0 Å². The van der Waals surface area contributed by atoms with Crippen molar-refractivity contribution >= 4 is 105 Å². The van der Waals surface area contributed by atoms with Crippen LogP contribution in [0, 0.1) is 0 Å². The van der Waals surface area contributed by atoms with Gasteiger partial charge in [0.15, 0.2) is 0 Å². The van der Waals surface area contributed by atoms with Gasteiger partial charge in [0.1, 0.15) is 60.6 Å². The maximum atomic E-state index is 14.3. The van der Waals surface area contributed by atoms with Gasteiger partial charge in [-0.15, -0.1) is 0 Å². The molecule has 4 atom stereocenters. The lowest BCUT2D eigenvalue weighted by atomic mass is 10.1. The van der Waals surface area contributed by atoms with Gasteiger partial charge in [-0.25, -0.2) is 34.9 Å². The van der Waals surface area contributed by atoms with Gasteiger partial charge in [0, 0.05) is 16.4 Å². The Balaban J connectivity index is 0.881. The number of halogens is 1. The predicted molar refractivity (Wildman–Crippen MR) is 319 cm³/mol. The fourth-order valence-electron chi connectivity index (χ4n) is 9.14. The maximum absolute atomic E-state index is 14.3. The number of rotatable bonds is 16. The third-order valence-electron chi connectivity index (χ3n) is 13.2. The summed E-state index contributed by atoms with van der Waals surface area (Å²) in [5, 5.41) is 16.6.